The van der Waals surface area contributed by atoms with E-state index in [0.29, 0.717) is 11.7 Å². The average Bonchev–Trinajstić information content (AvgIpc) is 3.06. The summed E-state index contributed by atoms with van der Waals surface area (Å²) in [6, 6.07) is 15.9. The third-order valence-electron chi connectivity index (χ3n) is 3.93. The van der Waals surface area contributed by atoms with Gasteiger partial charge in [0.05, 0.1) is 15.0 Å². The summed E-state index contributed by atoms with van der Waals surface area (Å²) < 4.78 is 6.85. The molecule has 0 aliphatic rings. The molecule has 3 aromatic rings. The summed E-state index contributed by atoms with van der Waals surface area (Å²) in [5.74, 6) is 0.752. The minimum atomic E-state index is -0.181. The molecule has 4 nitrogen and oxygen atoms in total. The van der Waals surface area contributed by atoms with Crippen molar-refractivity contribution in [3.05, 3.63) is 54.1 Å². The van der Waals surface area contributed by atoms with Gasteiger partial charge in [-0.15, -0.1) is 0 Å². The molecule has 0 spiro atoms. The summed E-state index contributed by atoms with van der Waals surface area (Å²) in [6.45, 7) is 2.64. The Balaban J connectivity index is 1.64. The lowest BCUT2D eigenvalue weighted by Crippen LogP contribution is -2.22. The van der Waals surface area contributed by atoms with Gasteiger partial charge in [0.15, 0.2) is 5.13 Å². The summed E-state index contributed by atoms with van der Waals surface area (Å²) in [5.41, 5.74) is 1.98. The number of nitrogens with one attached hydrogen (secondary N) is 1. The molecule has 0 bridgehead atoms. The molecule has 1 atom stereocenters. The second-order valence-corrected chi connectivity index (χ2v) is 8.16. The summed E-state index contributed by atoms with van der Waals surface area (Å²) in [7, 11) is 0. The first-order valence-electron chi connectivity index (χ1n) is 8.68. The van der Waals surface area contributed by atoms with Crippen molar-refractivity contribution in [3.63, 3.8) is 0 Å². The minimum absolute atomic E-state index is 0.0435. The highest BCUT2D eigenvalue weighted by Crippen LogP contribution is 2.30. The van der Waals surface area contributed by atoms with Crippen LogP contribution in [-0.4, -0.2) is 15.7 Å². The molecule has 0 saturated heterocycles. The number of ether oxygens (including phenoxy) is 1. The maximum atomic E-state index is 12.2. The topological polar surface area (TPSA) is 51.2 Å². The molecule has 0 unspecified atom stereocenters. The molecule has 1 heterocycles. The predicted octanol–water partition coefficient (Wildman–Crippen LogP) is 5.77. The molecule has 0 radical (unpaired) electrons. The number of hydrogen-bond acceptors (Lipinski definition) is 4. The lowest BCUT2D eigenvalue weighted by Gasteiger charge is -2.07. The van der Waals surface area contributed by atoms with Gasteiger partial charge in [-0.1, -0.05) is 77.4 Å². The Morgan fingerprint density at radius 1 is 1.27 bits per heavy atom. The third-order valence-corrected chi connectivity index (χ3v) is 5.74. The van der Waals surface area contributed by atoms with E-state index in [0.717, 1.165) is 40.8 Å². The van der Waals surface area contributed by atoms with Crippen LogP contribution in [0.25, 0.3) is 10.2 Å². The summed E-state index contributed by atoms with van der Waals surface area (Å²) in [4.78, 5) is 16.5. The normalized spacial score (nSPS) is 12.1. The van der Waals surface area contributed by atoms with Gasteiger partial charge in [0, 0.05) is 0 Å². The number of rotatable bonds is 8. The van der Waals surface area contributed by atoms with E-state index in [4.69, 9.17) is 4.74 Å². The van der Waals surface area contributed by atoms with Crippen LogP contribution in [0.15, 0.2) is 48.5 Å². The van der Waals surface area contributed by atoms with E-state index in [2.05, 4.69) is 33.2 Å². The Labute approximate surface area is 165 Å². The monoisotopic (exact) mass is 432 g/mol. The van der Waals surface area contributed by atoms with Crippen molar-refractivity contribution in [2.24, 2.45) is 0 Å². The fourth-order valence-electron chi connectivity index (χ4n) is 2.49. The lowest BCUT2D eigenvalue weighted by molar-refractivity contribution is -0.115. The van der Waals surface area contributed by atoms with Crippen LogP contribution in [-0.2, 0) is 11.4 Å². The number of amides is 1. The molecular weight excluding hydrogens is 412 g/mol. The van der Waals surface area contributed by atoms with Gasteiger partial charge in [-0.25, -0.2) is 4.98 Å². The highest BCUT2D eigenvalue weighted by atomic mass is 79.9. The molecule has 1 aromatic heterocycles. The van der Waals surface area contributed by atoms with Crippen LogP contribution in [0, 0.1) is 0 Å². The highest BCUT2D eigenvalue weighted by Gasteiger charge is 2.16. The van der Waals surface area contributed by atoms with Crippen LogP contribution in [0.1, 0.15) is 31.7 Å². The van der Waals surface area contributed by atoms with Crippen LogP contribution >= 0.6 is 27.3 Å². The van der Waals surface area contributed by atoms with Crippen LogP contribution < -0.4 is 10.1 Å². The standard InChI is InChI=1S/C20H21BrN2O2S/c1-2-3-9-16(21)19(24)23-20-22-17-11-10-15(12-18(17)26-20)25-13-14-7-5-4-6-8-14/h4-8,10-12,16H,2-3,9,13H2,1H3,(H,22,23,24)/t16-/m0/s1. The molecule has 0 fully saturated rings. The third kappa shape index (κ3) is 5.05. The molecule has 1 amide bonds. The second kappa shape index (κ2) is 9.14. The minimum Gasteiger partial charge on any atom is -0.489 e. The Morgan fingerprint density at radius 3 is 2.85 bits per heavy atom. The zero-order valence-electron chi connectivity index (χ0n) is 14.6. The molecule has 3 rings (SSSR count). The fraction of sp³-hybridized carbons (Fsp3) is 0.300. The van der Waals surface area contributed by atoms with E-state index in [1.807, 2.05) is 48.5 Å². The van der Waals surface area contributed by atoms with Crippen molar-refractivity contribution < 1.29 is 9.53 Å². The van der Waals surface area contributed by atoms with Crippen LogP contribution in [0.3, 0.4) is 0 Å². The lowest BCUT2D eigenvalue weighted by atomic mass is 10.2. The number of thiazole rings is 1. The summed E-state index contributed by atoms with van der Waals surface area (Å²) in [5, 5.41) is 3.51. The molecule has 2 aromatic carbocycles. The van der Waals surface area contributed by atoms with Crippen LogP contribution in [0.5, 0.6) is 5.75 Å². The number of carbonyl (C=O) groups is 1. The van der Waals surface area contributed by atoms with Crippen molar-refractivity contribution in [2.45, 2.75) is 37.6 Å². The Hall–Kier alpha value is -1.92. The second-order valence-electron chi connectivity index (χ2n) is 6.02. The number of halogens is 1. The van der Waals surface area contributed by atoms with Crippen molar-refractivity contribution in [3.8, 4) is 5.75 Å². The molecule has 6 heteroatoms. The first-order valence-corrected chi connectivity index (χ1v) is 10.4. The van der Waals surface area contributed by atoms with Crippen molar-refractivity contribution in [2.75, 3.05) is 5.32 Å². The molecule has 0 aliphatic carbocycles. The number of alkyl halides is 1. The van der Waals surface area contributed by atoms with Crippen molar-refractivity contribution in [1.82, 2.24) is 4.98 Å². The maximum Gasteiger partial charge on any atom is 0.239 e. The van der Waals surface area contributed by atoms with E-state index < -0.39 is 0 Å². The number of fused-ring (bicyclic) bond motifs is 1. The van der Waals surface area contributed by atoms with Gasteiger partial charge >= 0.3 is 0 Å². The van der Waals surface area contributed by atoms with Gasteiger partial charge in [-0.05, 0) is 30.2 Å². The molecule has 1 N–H and O–H groups in total. The van der Waals surface area contributed by atoms with E-state index in [1.54, 1.807) is 0 Å². The smallest absolute Gasteiger partial charge is 0.239 e. The molecular formula is C20H21BrN2O2S. The first-order chi connectivity index (χ1) is 12.7. The van der Waals surface area contributed by atoms with Gasteiger partial charge in [-0.2, -0.15) is 0 Å². The van der Waals surface area contributed by atoms with E-state index in [1.165, 1.54) is 11.3 Å². The summed E-state index contributed by atoms with van der Waals surface area (Å²) >= 11 is 4.90. The van der Waals surface area contributed by atoms with Gasteiger partial charge in [0.25, 0.3) is 0 Å². The van der Waals surface area contributed by atoms with Gasteiger partial charge < -0.3 is 10.1 Å². The van der Waals surface area contributed by atoms with E-state index in [9.17, 15) is 4.79 Å². The van der Waals surface area contributed by atoms with E-state index >= 15 is 0 Å². The zero-order valence-corrected chi connectivity index (χ0v) is 17.0. The zero-order chi connectivity index (χ0) is 18.4. The van der Waals surface area contributed by atoms with Crippen LogP contribution in [0.4, 0.5) is 5.13 Å². The number of unbranched alkanes of at least 4 members (excludes halogenated alkanes) is 1. The first kappa shape index (κ1) is 18.9. The highest BCUT2D eigenvalue weighted by molar-refractivity contribution is 9.10. The number of aromatic nitrogens is 1. The summed E-state index contributed by atoms with van der Waals surface area (Å²) in [6.07, 6.45) is 2.91. The Bertz CT molecular complexity index is 867. The molecule has 0 aliphatic heterocycles. The number of carbonyl (C=O) groups excluding carboxylic acids is 1. The van der Waals surface area contributed by atoms with Crippen LogP contribution in [0.2, 0.25) is 0 Å². The largest absolute Gasteiger partial charge is 0.489 e. The van der Waals surface area contributed by atoms with Gasteiger partial charge in [0.2, 0.25) is 5.91 Å². The number of anilines is 1. The van der Waals surface area contributed by atoms with Gasteiger partial charge in [-0.3, -0.25) is 4.79 Å². The Kier molecular flexibility index (Phi) is 6.63. The fourth-order valence-corrected chi connectivity index (χ4v) is 3.82. The predicted molar refractivity (Wildman–Crippen MR) is 111 cm³/mol. The van der Waals surface area contributed by atoms with Gasteiger partial charge in [0.1, 0.15) is 12.4 Å². The maximum absolute atomic E-state index is 12.2. The molecule has 0 saturated carbocycles. The molecule has 136 valence electrons. The average molecular weight is 433 g/mol. The number of benzene rings is 2. The van der Waals surface area contributed by atoms with Crippen molar-refractivity contribution >= 4 is 48.5 Å². The van der Waals surface area contributed by atoms with Crippen molar-refractivity contribution in [1.29, 1.82) is 0 Å². The Morgan fingerprint density at radius 2 is 2.08 bits per heavy atom. The quantitative estimate of drug-likeness (QED) is 0.459. The SMILES string of the molecule is CCCC[C@H](Br)C(=O)Nc1nc2ccc(OCc3ccccc3)cc2s1. The van der Waals surface area contributed by atoms with E-state index in [-0.39, 0.29) is 10.7 Å². The number of nitrogens with zero attached hydrogens (tertiary/aromatic N) is 1. The number of hydrogen-bond donors (Lipinski definition) is 1. The molecule has 26 heavy (non-hydrogen) atoms.